The average Bonchev–Trinajstić information content (AvgIpc) is 2.46. The molecule has 2 aromatic rings. The number of ether oxygens (including phenoxy) is 1. The molecule has 20 heavy (non-hydrogen) atoms. The van der Waals surface area contributed by atoms with Gasteiger partial charge in [0, 0.05) is 19.7 Å². The lowest BCUT2D eigenvalue weighted by molar-refractivity contribution is 0.125. The minimum absolute atomic E-state index is 0.704. The molecule has 0 spiro atoms. The lowest BCUT2D eigenvalue weighted by atomic mass is 10.1. The van der Waals surface area contributed by atoms with E-state index >= 15 is 0 Å². The first kappa shape index (κ1) is 14.9. The number of nitrogens with zero attached hydrogens (tertiary/aromatic N) is 2. The molecule has 4 heteroatoms. The Morgan fingerprint density at radius 2 is 1.95 bits per heavy atom. The first-order chi connectivity index (χ1) is 9.75. The minimum Gasteiger partial charge on any atom is -0.380 e. The second kappa shape index (κ2) is 7.92. The zero-order chi connectivity index (χ0) is 14.2. The third kappa shape index (κ3) is 4.87. The molecule has 1 aromatic heterocycles. The molecule has 2 rings (SSSR count). The van der Waals surface area contributed by atoms with Crippen LogP contribution in [0.25, 0.3) is 11.0 Å². The van der Waals surface area contributed by atoms with Crippen molar-refractivity contribution in [3.05, 3.63) is 36.2 Å². The van der Waals surface area contributed by atoms with Gasteiger partial charge in [0.1, 0.15) is 0 Å². The highest BCUT2D eigenvalue weighted by Gasteiger charge is 1.99. The summed E-state index contributed by atoms with van der Waals surface area (Å²) in [5.74, 6) is 0.704. The average molecular weight is 273 g/mol. The second-order valence-corrected chi connectivity index (χ2v) is 5.32. The van der Waals surface area contributed by atoms with Crippen molar-refractivity contribution in [1.29, 1.82) is 0 Å². The first-order valence-corrected chi connectivity index (χ1v) is 7.25. The van der Waals surface area contributed by atoms with Crippen molar-refractivity contribution >= 4 is 11.0 Å². The molecular weight excluding hydrogens is 250 g/mol. The monoisotopic (exact) mass is 273 g/mol. The first-order valence-electron chi connectivity index (χ1n) is 7.25. The second-order valence-electron chi connectivity index (χ2n) is 5.32. The maximum atomic E-state index is 5.55. The van der Waals surface area contributed by atoms with Gasteiger partial charge < -0.3 is 10.1 Å². The lowest BCUT2D eigenvalue weighted by Gasteiger charge is -2.07. The van der Waals surface area contributed by atoms with Crippen LogP contribution in [0.1, 0.15) is 26.0 Å². The number of fused-ring (bicyclic) bond motifs is 1. The Hall–Kier alpha value is -1.52. The quantitative estimate of drug-likeness (QED) is 0.751. The van der Waals surface area contributed by atoms with Gasteiger partial charge in [0.2, 0.25) is 0 Å². The number of hydrogen-bond donors (Lipinski definition) is 1. The van der Waals surface area contributed by atoms with Crippen LogP contribution in [-0.2, 0) is 11.3 Å². The van der Waals surface area contributed by atoms with E-state index < -0.39 is 0 Å². The van der Waals surface area contributed by atoms with Crippen LogP contribution in [0.3, 0.4) is 0 Å². The van der Waals surface area contributed by atoms with Gasteiger partial charge >= 0.3 is 0 Å². The van der Waals surface area contributed by atoms with E-state index in [-0.39, 0.29) is 0 Å². The molecule has 1 heterocycles. The van der Waals surface area contributed by atoms with E-state index in [0.717, 1.165) is 49.5 Å². The molecule has 0 fully saturated rings. The molecule has 0 unspecified atom stereocenters. The molecule has 0 aliphatic carbocycles. The fourth-order valence-corrected chi connectivity index (χ4v) is 1.86. The number of aromatic nitrogens is 2. The van der Waals surface area contributed by atoms with Gasteiger partial charge in [-0.15, -0.1) is 0 Å². The van der Waals surface area contributed by atoms with E-state index in [1.807, 2.05) is 30.5 Å². The van der Waals surface area contributed by atoms with Crippen LogP contribution in [-0.4, -0.2) is 29.7 Å². The van der Waals surface area contributed by atoms with Crippen molar-refractivity contribution < 1.29 is 4.74 Å². The van der Waals surface area contributed by atoms with E-state index in [0.29, 0.717) is 5.92 Å². The summed E-state index contributed by atoms with van der Waals surface area (Å²) in [6.07, 6.45) is 2.95. The van der Waals surface area contributed by atoms with Crippen molar-refractivity contribution in [3.8, 4) is 0 Å². The maximum absolute atomic E-state index is 5.55. The number of hydrogen-bond acceptors (Lipinski definition) is 4. The van der Waals surface area contributed by atoms with Gasteiger partial charge in [0.05, 0.1) is 29.5 Å². The van der Waals surface area contributed by atoms with Crippen molar-refractivity contribution in [2.24, 2.45) is 5.92 Å². The van der Waals surface area contributed by atoms with Gasteiger partial charge in [-0.1, -0.05) is 26.0 Å². The highest BCUT2D eigenvalue weighted by Crippen LogP contribution is 2.08. The summed E-state index contributed by atoms with van der Waals surface area (Å²) < 4.78 is 5.55. The normalized spacial score (nSPS) is 11.3. The van der Waals surface area contributed by atoms with Gasteiger partial charge in [0.15, 0.2) is 0 Å². The Kier molecular flexibility index (Phi) is 5.89. The van der Waals surface area contributed by atoms with Crippen LogP contribution < -0.4 is 5.32 Å². The largest absolute Gasteiger partial charge is 0.380 e. The predicted octanol–water partition coefficient (Wildman–Crippen LogP) is 2.78. The van der Waals surface area contributed by atoms with Crippen molar-refractivity contribution in [2.45, 2.75) is 26.8 Å². The van der Waals surface area contributed by atoms with Gasteiger partial charge in [-0.25, -0.2) is 4.98 Å². The molecule has 0 aliphatic rings. The van der Waals surface area contributed by atoms with Gasteiger partial charge in [-0.2, -0.15) is 0 Å². The Labute approximate surface area is 120 Å². The summed E-state index contributed by atoms with van der Waals surface area (Å²) in [6, 6.07) is 7.92. The molecule has 0 atom stereocenters. The Morgan fingerprint density at radius 1 is 1.15 bits per heavy atom. The molecule has 108 valence electrons. The summed E-state index contributed by atoms with van der Waals surface area (Å²) in [4.78, 5) is 8.96. The highest BCUT2D eigenvalue weighted by molar-refractivity contribution is 5.73. The third-order valence-electron chi connectivity index (χ3n) is 3.07. The number of rotatable bonds is 8. The van der Waals surface area contributed by atoms with Crippen LogP contribution in [0.2, 0.25) is 0 Å². The van der Waals surface area contributed by atoms with Crippen LogP contribution in [0.15, 0.2) is 30.5 Å². The van der Waals surface area contributed by atoms with Crippen molar-refractivity contribution in [3.63, 3.8) is 0 Å². The molecular formula is C16H23N3O. The SMILES string of the molecule is CC(C)CCOCCNCc1cnc2ccccc2n1. The van der Waals surface area contributed by atoms with Gasteiger partial charge in [0.25, 0.3) is 0 Å². The smallest absolute Gasteiger partial charge is 0.0890 e. The summed E-state index contributed by atoms with van der Waals surface area (Å²) in [5, 5.41) is 3.33. The zero-order valence-electron chi connectivity index (χ0n) is 12.3. The molecule has 0 saturated heterocycles. The summed E-state index contributed by atoms with van der Waals surface area (Å²) in [7, 11) is 0. The number of para-hydroxylation sites is 2. The predicted molar refractivity (Wildman–Crippen MR) is 81.5 cm³/mol. The fourth-order valence-electron chi connectivity index (χ4n) is 1.86. The van der Waals surface area contributed by atoms with Crippen molar-refractivity contribution in [2.75, 3.05) is 19.8 Å². The van der Waals surface area contributed by atoms with Gasteiger partial charge in [-0.3, -0.25) is 4.98 Å². The maximum Gasteiger partial charge on any atom is 0.0890 e. The molecule has 0 amide bonds. The molecule has 0 bridgehead atoms. The molecule has 1 aromatic carbocycles. The van der Waals surface area contributed by atoms with E-state index in [2.05, 4.69) is 29.1 Å². The summed E-state index contributed by atoms with van der Waals surface area (Å²) in [6.45, 7) is 7.57. The van der Waals surface area contributed by atoms with Crippen molar-refractivity contribution in [1.82, 2.24) is 15.3 Å². The lowest BCUT2D eigenvalue weighted by Crippen LogP contribution is -2.20. The third-order valence-corrected chi connectivity index (χ3v) is 3.07. The topological polar surface area (TPSA) is 47.0 Å². The highest BCUT2D eigenvalue weighted by atomic mass is 16.5. The molecule has 0 aliphatic heterocycles. The van der Waals surface area contributed by atoms with Crippen LogP contribution >= 0.6 is 0 Å². The molecule has 0 saturated carbocycles. The number of nitrogens with one attached hydrogen (secondary N) is 1. The van der Waals surface area contributed by atoms with Crippen LogP contribution in [0.4, 0.5) is 0 Å². The van der Waals surface area contributed by atoms with E-state index in [4.69, 9.17) is 4.74 Å². The Morgan fingerprint density at radius 3 is 2.75 bits per heavy atom. The number of benzene rings is 1. The van der Waals surface area contributed by atoms with E-state index in [1.54, 1.807) is 0 Å². The van der Waals surface area contributed by atoms with E-state index in [9.17, 15) is 0 Å². The minimum atomic E-state index is 0.704. The summed E-state index contributed by atoms with van der Waals surface area (Å²) >= 11 is 0. The fraction of sp³-hybridized carbons (Fsp3) is 0.500. The van der Waals surface area contributed by atoms with Crippen LogP contribution in [0.5, 0.6) is 0 Å². The molecule has 0 radical (unpaired) electrons. The standard InChI is InChI=1S/C16H23N3O/c1-13(2)7-9-20-10-8-17-11-14-12-18-15-5-3-4-6-16(15)19-14/h3-6,12-13,17H,7-11H2,1-2H3. The summed E-state index contributed by atoms with van der Waals surface area (Å²) in [5.41, 5.74) is 2.85. The van der Waals surface area contributed by atoms with Crippen LogP contribution in [0, 0.1) is 5.92 Å². The van der Waals surface area contributed by atoms with E-state index in [1.165, 1.54) is 0 Å². The Balaban J connectivity index is 1.68. The molecule has 4 nitrogen and oxygen atoms in total. The molecule has 1 N–H and O–H groups in total. The van der Waals surface area contributed by atoms with Gasteiger partial charge in [-0.05, 0) is 24.5 Å². The Bertz CT molecular complexity index is 528. The zero-order valence-corrected chi connectivity index (χ0v) is 12.3.